The Morgan fingerprint density at radius 3 is 2.42 bits per heavy atom. The fourth-order valence-electron chi connectivity index (χ4n) is 1.97. The Bertz CT molecular complexity index is 681. The van der Waals surface area contributed by atoms with Crippen molar-refractivity contribution >= 4 is 22.4 Å². The van der Waals surface area contributed by atoms with Crippen LogP contribution in [0, 0.1) is 12.3 Å². The van der Waals surface area contributed by atoms with E-state index >= 15 is 0 Å². The van der Waals surface area contributed by atoms with E-state index in [-0.39, 0.29) is 0 Å². The molecule has 2 aromatic carbocycles. The van der Waals surface area contributed by atoms with Crippen LogP contribution in [-0.2, 0) is 0 Å². The van der Waals surface area contributed by atoms with Gasteiger partial charge in [0.15, 0.2) is 0 Å². The van der Waals surface area contributed by atoms with Gasteiger partial charge in [-0.2, -0.15) is 0 Å². The van der Waals surface area contributed by atoms with Gasteiger partial charge in [-0.25, -0.2) is 4.79 Å². The van der Waals surface area contributed by atoms with Crippen molar-refractivity contribution in [3.8, 4) is 12.3 Å². The number of carboxylic acid groups (broad SMARTS) is 1. The first-order chi connectivity index (χ1) is 8.94. The van der Waals surface area contributed by atoms with Gasteiger partial charge in [-0.1, -0.05) is 30.2 Å². The van der Waals surface area contributed by atoms with Gasteiger partial charge in [0.2, 0.25) is 0 Å². The van der Waals surface area contributed by atoms with Crippen LogP contribution in [0.3, 0.4) is 0 Å². The first kappa shape index (κ1) is 13.0. The van der Waals surface area contributed by atoms with Crippen LogP contribution in [0.4, 0.5) is 5.69 Å². The van der Waals surface area contributed by atoms with Crippen LogP contribution in [0.5, 0.6) is 0 Å². The highest BCUT2D eigenvalue weighted by atomic mass is 16.4. The van der Waals surface area contributed by atoms with Gasteiger partial charge in [0, 0.05) is 11.1 Å². The number of rotatable bonds is 3. The van der Waals surface area contributed by atoms with Gasteiger partial charge in [-0.3, -0.25) is 0 Å². The van der Waals surface area contributed by atoms with Crippen LogP contribution in [0.1, 0.15) is 24.2 Å². The molecule has 3 nitrogen and oxygen atoms in total. The summed E-state index contributed by atoms with van der Waals surface area (Å²) < 4.78 is 0. The van der Waals surface area contributed by atoms with Gasteiger partial charge in [0.1, 0.15) is 0 Å². The highest BCUT2D eigenvalue weighted by Gasteiger charge is 2.16. The molecule has 0 amide bonds. The molecule has 0 aliphatic heterocycles. The van der Waals surface area contributed by atoms with Gasteiger partial charge in [0.05, 0.1) is 11.1 Å². The summed E-state index contributed by atoms with van der Waals surface area (Å²) in [5.41, 5.74) is 0.635. The van der Waals surface area contributed by atoms with Crippen LogP contribution in [0.2, 0.25) is 0 Å². The van der Waals surface area contributed by atoms with E-state index in [0.29, 0.717) is 10.9 Å². The molecule has 0 atom stereocenters. The predicted octanol–water partition coefficient (Wildman–Crippen LogP) is 3.36. The van der Waals surface area contributed by atoms with E-state index in [1.165, 1.54) is 0 Å². The molecule has 2 aromatic rings. The number of benzene rings is 2. The molecular formula is C16H15NO2. The Hall–Kier alpha value is -2.47. The molecule has 2 N–H and O–H groups in total. The topological polar surface area (TPSA) is 49.3 Å². The lowest BCUT2D eigenvalue weighted by Crippen LogP contribution is -2.28. The minimum Gasteiger partial charge on any atom is -0.478 e. The summed E-state index contributed by atoms with van der Waals surface area (Å²) in [5, 5.41) is 14.0. The lowest BCUT2D eigenvalue weighted by molar-refractivity contribution is 0.0699. The molecule has 0 aliphatic carbocycles. The van der Waals surface area contributed by atoms with Gasteiger partial charge in [0.25, 0.3) is 0 Å². The summed E-state index contributed by atoms with van der Waals surface area (Å²) in [6.45, 7) is 3.79. The summed E-state index contributed by atoms with van der Waals surface area (Å²) >= 11 is 0. The lowest BCUT2D eigenvalue weighted by atomic mass is 10.0. The van der Waals surface area contributed by atoms with Crippen molar-refractivity contribution in [2.45, 2.75) is 19.4 Å². The third kappa shape index (κ3) is 2.53. The number of hydrogen-bond donors (Lipinski definition) is 2. The molecule has 3 heteroatoms. The predicted molar refractivity (Wildman–Crippen MR) is 77.4 cm³/mol. The van der Waals surface area contributed by atoms with E-state index in [4.69, 9.17) is 6.42 Å². The maximum atomic E-state index is 11.2. The molecule has 19 heavy (non-hydrogen) atoms. The van der Waals surface area contributed by atoms with Gasteiger partial charge in [-0.15, -0.1) is 6.42 Å². The Labute approximate surface area is 112 Å². The zero-order valence-corrected chi connectivity index (χ0v) is 10.9. The molecule has 96 valence electrons. The first-order valence-electron chi connectivity index (χ1n) is 5.95. The van der Waals surface area contributed by atoms with Crippen LogP contribution in [-0.4, -0.2) is 16.6 Å². The van der Waals surface area contributed by atoms with Crippen molar-refractivity contribution in [3.63, 3.8) is 0 Å². The van der Waals surface area contributed by atoms with Crippen molar-refractivity contribution in [2.24, 2.45) is 0 Å². The molecule has 0 fully saturated rings. The van der Waals surface area contributed by atoms with Crippen molar-refractivity contribution in [3.05, 3.63) is 42.0 Å². The highest BCUT2D eigenvalue weighted by Crippen LogP contribution is 2.28. The van der Waals surface area contributed by atoms with Crippen molar-refractivity contribution in [1.29, 1.82) is 0 Å². The molecule has 0 radical (unpaired) electrons. The fourth-order valence-corrected chi connectivity index (χ4v) is 1.97. The number of carboxylic acids is 1. The van der Waals surface area contributed by atoms with Crippen LogP contribution in [0.15, 0.2) is 36.4 Å². The standard InChI is InChI=1S/C16H15NO2/c1-4-16(2,3)17-14-10-9-13(15(18)19)11-7-5-6-8-12(11)14/h1,5-10,17H,2-3H3,(H,18,19). The number of terminal acetylenes is 1. The third-order valence-electron chi connectivity index (χ3n) is 2.96. The minimum atomic E-state index is -0.932. The Kier molecular flexibility index (Phi) is 3.18. The lowest BCUT2D eigenvalue weighted by Gasteiger charge is -2.22. The molecular weight excluding hydrogens is 238 g/mol. The SMILES string of the molecule is C#CC(C)(C)Nc1ccc(C(=O)O)c2ccccc12. The number of nitrogens with one attached hydrogen (secondary N) is 1. The molecule has 0 spiro atoms. The molecule has 2 rings (SSSR count). The van der Waals surface area contributed by atoms with E-state index in [1.807, 2.05) is 32.0 Å². The largest absolute Gasteiger partial charge is 0.478 e. The highest BCUT2D eigenvalue weighted by molar-refractivity contribution is 6.07. The van der Waals surface area contributed by atoms with E-state index < -0.39 is 11.5 Å². The Morgan fingerprint density at radius 1 is 1.21 bits per heavy atom. The zero-order valence-electron chi connectivity index (χ0n) is 10.9. The normalized spacial score (nSPS) is 11.0. The maximum absolute atomic E-state index is 11.2. The van der Waals surface area contributed by atoms with Crippen molar-refractivity contribution in [2.75, 3.05) is 5.32 Å². The number of aromatic carboxylic acids is 1. The van der Waals surface area contributed by atoms with Gasteiger partial charge in [-0.05, 0) is 31.4 Å². The molecule has 0 heterocycles. The third-order valence-corrected chi connectivity index (χ3v) is 2.96. The molecule has 0 unspecified atom stereocenters. The number of fused-ring (bicyclic) bond motifs is 1. The fraction of sp³-hybridized carbons (Fsp3) is 0.188. The quantitative estimate of drug-likeness (QED) is 0.825. The van der Waals surface area contributed by atoms with Crippen LogP contribution < -0.4 is 5.32 Å². The summed E-state index contributed by atoms with van der Waals surface area (Å²) in [6.07, 6.45) is 5.47. The van der Waals surface area contributed by atoms with Gasteiger partial charge >= 0.3 is 5.97 Å². The molecule has 0 aromatic heterocycles. The van der Waals surface area contributed by atoms with E-state index in [9.17, 15) is 9.90 Å². The molecule has 0 saturated carbocycles. The summed E-state index contributed by atoms with van der Waals surface area (Å²) in [6, 6.07) is 10.7. The Balaban J connectivity index is 2.63. The number of carbonyl (C=O) groups is 1. The number of hydrogen-bond acceptors (Lipinski definition) is 2. The molecule has 0 saturated heterocycles. The summed E-state index contributed by atoms with van der Waals surface area (Å²) in [7, 11) is 0. The molecule has 0 bridgehead atoms. The van der Waals surface area contributed by atoms with E-state index in [2.05, 4.69) is 11.2 Å². The average Bonchev–Trinajstić information content (AvgIpc) is 2.38. The summed E-state index contributed by atoms with van der Waals surface area (Å²) in [4.78, 5) is 11.2. The zero-order chi connectivity index (χ0) is 14.0. The maximum Gasteiger partial charge on any atom is 0.336 e. The second-order valence-corrected chi connectivity index (χ2v) is 4.91. The van der Waals surface area contributed by atoms with Crippen molar-refractivity contribution < 1.29 is 9.90 Å². The summed E-state index contributed by atoms with van der Waals surface area (Å²) in [5.74, 6) is 1.73. The molecule has 0 aliphatic rings. The minimum absolute atomic E-state index is 0.291. The Morgan fingerprint density at radius 2 is 1.84 bits per heavy atom. The number of anilines is 1. The van der Waals surface area contributed by atoms with Crippen LogP contribution in [0.25, 0.3) is 10.8 Å². The smallest absolute Gasteiger partial charge is 0.336 e. The second-order valence-electron chi connectivity index (χ2n) is 4.91. The average molecular weight is 253 g/mol. The van der Waals surface area contributed by atoms with Crippen molar-refractivity contribution in [1.82, 2.24) is 0 Å². The monoisotopic (exact) mass is 253 g/mol. The van der Waals surface area contributed by atoms with E-state index in [1.54, 1.807) is 18.2 Å². The van der Waals surface area contributed by atoms with E-state index in [0.717, 1.165) is 11.1 Å². The first-order valence-corrected chi connectivity index (χ1v) is 5.95. The van der Waals surface area contributed by atoms with Gasteiger partial charge < -0.3 is 10.4 Å². The second kappa shape index (κ2) is 4.66. The van der Waals surface area contributed by atoms with Crippen LogP contribution >= 0.6 is 0 Å².